The molecule has 1 amide bonds. The number of anilines is 2. The van der Waals surface area contributed by atoms with E-state index in [2.05, 4.69) is 15.5 Å². The molecule has 6 heteroatoms. The van der Waals surface area contributed by atoms with E-state index in [1.807, 2.05) is 14.1 Å². The van der Waals surface area contributed by atoms with Gasteiger partial charge in [0.05, 0.1) is 10.7 Å². The summed E-state index contributed by atoms with van der Waals surface area (Å²) in [4.78, 5) is 14.6. The van der Waals surface area contributed by atoms with E-state index in [0.717, 1.165) is 23.7 Å². The summed E-state index contributed by atoms with van der Waals surface area (Å²) in [5.41, 5.74) is 7.97. The molecule has 19 heavy (non-hydrogen) atoms. The zero-order chi connectivity index (χ0) is 14.0. The first-order valence-electron chi connectivity index (χ1n) is 6.57. The van der Waals surface area contributed by atoms with E-state index in [0.29, 0.717) is 16.5 Å². The van der Waals surface area contributed by atoms with Gasteiger partial charge >= 0.3 is 0 Å². The van der Waals surface area contributed by atoms with E-state index >= 15 is 0 Å². The van der Waals surface area contributed by atoms with Crippen LogP contribution in [0.1, 0.15) is 34.0 Å². The highest BCUT2D eigenvalue weighted by Crippen LogP contribution is 2.50. The number of likely N-dealkylation sites (N-methyl/N-ethyl adjacent to an activating group) is 1. The molecule has 1 aliphatic rings. The Morgan fingerprint density at radius 2 is 2.16 bits per heavy atom. The van der Waals surface area contributed by atoms with Crippen LogP contribution in [0.5, 0.6) is 0 Å². The SMILES string of the molecule is CNC(=O)c1sc(NCCN(C)C)c(C2CC2)c1N. The van der Waals surface area contributed by atoms with Crippen molar-refractivity contribution in [3.05, 3.63) is 10.4 Å². The molecule has 0 aromatic carbocycles. The summed E-state index contributed by atoms with van der Waals surface area (Å²) in [6.45, 7) is 1.82. The molecule has 0 unspecified atom stereocenters. The van der Waals surface area contributed by atoms with Crippen LogP contribution in [0, 0.1) is 0 Å². The first kappa shape index (κ1) is 14.1. The number of nitrogens with zero attached hydrogens (tertiary/aromatic N) is 1. The first-order chi connectivity index (χ1) is 9.04. The number of carbonyl (C=O) groups is 1. The van der Waals surface area contributed by atoms with Gasteiger partial charge in [0.15, 0.2) is 0 Å². The van der Waals surface area contributed by atoms with Crippen LogP contribution < -0.4 is 16.4 Å². The Labute approximate surface area is 118 Å². The van der Waals surface area contributed by atoms with Crippen LogP contribution in [-0.4, -0.2) is 45.0 Å². The Morgan fingerprint density at radius 1 is 1.47 bits per heavy atom. The monoisotopic (exact) mass is 282 g/mol. The number of hydrogen-bond acceptors (Lipinski definition) is 5. The van der Waals surface area contributed by atoms with Crippen molar-refractivity contribution < 1.29 is 4.79 Å². The highest BCUT2D eigenvalue weighted by molar-refractivity contribution is 7.18. The quantitative estimate of drug-likeness (QED) is 0.740. The highest BCUT2D eigenvalue weighted by atomic mass is 32.1. The average molecular weight is 282 g/mol. The fraction of sp³-hybridized carbons (Fsp3) is 0.615. The zero-order valence-electron chi connectivity index (χ0n) is 11.7. The second-order valence-corrected chi connectivity index (χ2v) is 6.19. The number of nitrogens with two attached hydrogens (primary N) is 1. The van der Waals surface area contributed by atoms with Gasteiger partial charge in [0, 0.05) is 25.7 Å². The van der Waals surface area contributed by atoms with E-state index in [1.165, 1.54) is 24.2 Å². The fourth-order valence-electron chi connectivity index (χ4n) is 2.04. The summed E-state index contributed by atoms with van der Waals surface area (Å²) < 4.78 is 0. The second kappa shape index (κ2) is 5.79. The van der Waals surface area contributed by atoms with Crippen molar-refractivity contribution in [3.8, 4) is 0 Å². The van der Waals surface area contributed by atoms with Crippen LogP contribution in [0.3, 0.4) is 0 Å². The number of amides is 1. The molecule has 1 fully saturated rings. The zero-order valence-corrected chi connectivity index (χ0v) is 12.6. The van der Waals surface area contributed by atoms with E-state index in [-0.39, 0.29) is 5.91 Å². The Hall–Kier alpha value is -1.27. The van der Waals surface area contributed by atoms with Gasteiger partial charge in [-0.3, -0.25) is 4.79 Å². The average Bonchev–Trinajstić information content (AvgIpc) is 3.13. The summed E-state index contributed by atoms with van der Waals surface area (Å²) in [6.07, 6.45) is 2.35. The Balaban J connectivity index is 2.18. The van der Waals surface area contributed by atoms with Crippen molar-refractivity contribution in [3.63, 3.8) is 0 Å². The number of hydrogen-bond donors (Lipinski definition) is 3. The van der Waals surface area contributed by atoms with Gasteiger partial charge < -0.3 is 21.3 Å². The van der Waals surface area contributed by atoms with Crippen LogP contribution in [0.25, 0.3) is 0 Å². The summed E-state index contributed by atoms with van der Waals surface area (Å²) in [5, 5.41) is 7.14. The second-order valence-electron chi connectivity index (χ2n) is 5.17. The number of rotatable bonds is 6. The molecule has 0 saturated heterocycles. The molecule has 0 radical (unpaired) electrons. The van der Waals surface area contributed by atoms with E-state index in [4.69, 9.17) is 5.73 Å². The number of nitrogen functional groups attached to an aromatic ring is 1. The predicted octanol–water partition coefficient (Wildman–Crippen LogP) is 1.54. The molecule has 0 atom stereocenters. The van der Waals surface area contributed by atoms with Crippen LogP contribution in [0.4, 0.5) is 10.7 Å². The third kappa shape index (κ3) is 3.19. The van der Waals surface area contributed by atoms with Gasteiger partial charge in [0.2, 0.25) is 0 Å². The molecule has 4 N–H and O–H groups in total. The first-order valence-corrected chi connectivity index (χ1v) is 7.39. The Bertz CT molecular complexity index is 465. The van der Waals surface area contributed by atoms with Crippen molar-refractivity contribution >= 4 is 27.9 Å². The lowest BCUT2D eigenvalue weighted by Crippen LogP contribution is -2.20. The number of carbonyl (C=O) groups excluding carboxylic acids is 1. The predicted molar refractivity (Wildman–Crippen MR) is 81.1 cm³/mol. The lowest BCUT2D eigenvalue weighted by molar-refractivity contribution is 0.0968. The lowest BCUT2D eigenvalue weighted by Gasteiger charge is -2.11. The molecular formula is C13H22N4OS. The van der Waals surface area contributed by atoms with Gasteiger partial charge in [-0.05, 0) is 32.9 Å². The molecular weight excluding hydrogens is 260 g/mol. The van der Waals surface area contributed by atoms with Gasteiger partial charge in [-0.15, -0.1) is 11.3 Å². The van der Waals surface area contributed by atoms with Crippen LogP contribution in [0.2, 0.25) is 0 Å². The maximum absolute atomic E-state index is 11.8. The largest absolute Gasteiger partial charge is 0.397 e. The summed E-state index contributed by atoms with van der Waals surface area (Å²) in [7, 11) is 5.72. The normalized spacial score (nSPS) is 14.7. The van der Waals surface area contributed by atoms with Crippen LogP contribution in [-0.2, 0) is 0 Å². The maximum atomic E-state index is 11.8. The van der Waals surface area contributed by atoms with Gasteiger partial charge in [-0.25, -0.2) is 0 Å². The minimum Gasteiger partial charge on any atom is -0.397 e. The standard InChI is InChI=1S/C13H22N4OS/c1-15-12(18)11-10(14)9(8-4-5-8)13(19-11)16-6-7-17(2)3/h8,16H,4-7,14H2,1-3H3,(H,15,18). The molecule has 1 aliphatic carbocycles. The molecule has 5 nitrogen and oxygen atoms in total. The van der Waals surface area contributed by atoms with Gasteiger partial charge in [-0.2, -0.15) is 0 Å². The third-order valence-electron chi connectivity index (χ3n) is 3.25. The summed E-state index contributed by atoms with van der Waals surface area (Å²) >= 11 is 1.47. The number of thiophene rings is 1. The topological polar surface area (TPSA) is 70.4 Å². The van der Waals surface area contributed by atoms with Crippen molar-refractivity contribution in [1.29, 1.82) is 0 Å². The van der Waals surface area contributed by atoms with Crippen molar-refractivity contribution in [2.24, 2.45) is 0 Å². The molecule has 1 heterocycles. The molecule has 2 rings (SSSR count). The molecule has 106 valence electrons. The smallest absolute Gasteiger partial charge is 0.263 e. The number of nitrogens with one attached hydrogen (secondary N) is 2. The van der Waals surface area contributed by atoms with E-state index < -0.39 is 0 Å². The van der Waals surface area contributed by atoms with Crippen LogP contribution in [0.15, 0.2) is 0 Å². The van der Waals surface area contributed by atoms with Crippen LogP contribution >= 0.6 is 11.3 Å². The molecule has 0 aliphatic heterocycles. The van der Waals surface area contributed by atoms with E-state index in [1.54, 1.807) is 7.05 Å². The van der Waals surface area contributed by atoms with Gasteiger partial charge in [0.1, 0.15) is 4.88 Å². The molecule has 1 saturated carbocycles. The van der Waals surface area contributed by atoms with Crippen molar-refractivity contribution in [1.82, 2.24) is 10.2 Å². The minimum absolute atomic E-state index is 0.0925. The Morgan fingerprint density at radius 3 is 2.68 bits per heavy atom. The fourth-order valence-corrected chi connectivity index (χ4v) is 3.22. The third-order valence-corrected chi connectivity index (χ3v) is 4.42. The molecule has 1 aromatic heterocycles. The van der Waals surface area contributed by atoms with Crippen molar-refractivity contribution in [2.75, 3.05) is 45.3 Å². The van der Waals surface area contributed by atoms with E-state index in [9.17, 15) is 4.79 Å². The van der Waals surface area contributed by atoms with Gasteiger partial charge in [-0.1, -0.05) is 0 Å². The minimum atomic E-state index is -0.0925. The van der Waals surface area contributed by atoms with Gasteiger partial charge in [0.25, 0.3) is 5.91 Å². The summed E-state index contributed by atoms with van der Waals surface area (Å²) in [6, 6.07) is 0. The summed E-state index contributed by atoms with van der Waals surface area (Å²) in [5.74, 6) is 0.446. The maximum Gasteiger partial charge on any atom is 0.263 e. The molecule has 1 aromatic rings. The molecule has 0 spiro atoms. The van der Waals surface area contributed by atoms with Crippen molar-refractivity contribution in [2.45, 2.75) is 18.8 Å². The Kier molecular flexibility index (Phi) is 4.31. The molecule has 0 bridgehead atoms. The lowest BCUT2D eigenvalue weighted by atomic mass is 10.1. The highest BCUT2D eigenvalue weighted by Gasteiger charge is 2.32.